The Kier molecular flexibility index (Phi) is 6.48. The Bertz CT molecular complexity index is 1510. The molecule has 0 aliphatic heterocycles. The maximum atomic E-state index is 5.78. The number of methoxy groups -OCH3 is 1. The third kappa shape index (κ3) is 4.76. The molecular weight excluding hydrogens is 578 g/mol. The minimum absolute atomic E-state index is 0.449. The number of nitrogens with zero attached hydrogens (tertiary/aromatic N) is 8. The van der Waals surface area contributed by atoms with Gasteiger partial charge in [-0.25, -0.2) is 24.9 Å². The number of rotatable bonds is 7. The van der Waals surface area contributed by atoms with Crippen LogP contribution in [0.2, 0.25) is 0 Å². The monoisotopic (exact) mass is 600 g/mol. The molecule has 0 saturated carbocycles. The SMILES string of the molecule is COc1c(Nc2cc(Nc3cc(C)nc(C)n3)nc3c2ncn3PI)cccc1-c1ncn(C)n1. The Hall–Kier alpha value is -3.38. The van der Waals surface area contributed by atoms with Gasteiger partial charge in [0, 0.05) is 24.9 Å². The second kappa shape index (κ2) is 9.70. The number of ether oxygens (including phenoxy) is 1. The van der Waals surface area contributed by atoms with E-state index >= 15 is 0 Å². The molecule has 0 radical (unpaired) electrons. The molecular formula is C22H22IN10OP. The first-order valence-corrected chi connectivity index (χ1v) is 14.7. The highest BCUT2D eigenvalue weighted by Gasteiger charge is 2.18. The van der Waals surface area contributed by atoms with E-state index < -0.39 is 0 Å². The Morgan fingerprint density at radius 1 is 0.971 bits per heavy atom. The van der Waals surface area contributed by atoms with Crippen LogP contribution in [0.3, 0.4) is 0 Å². The maximum absolute atomic E-state index is 5.78. The molecule has 0 fully saturated rings. The van der Waals surface area contributed by atoms with Gasteiger partial charge in [0.15, 0.2) is 17.2 Å². The largest absolute Gasteiger partial charge is 0.494 e. The number of hydrogen-bond donors (Lipinski definition) is 2. The van der Waals surface area contributed by atoms with Gasteiger partial charge in [0.25, 0.3) is 0 Å². The minimum atomic E-state index is 0.449. The fourth-order valence-electron chi connectivity index (χ4n) is 3.76. The van der Waals surface area contributed by atoms with Crippen LogP contribution in [0.15, 0.2) is 43.0 Å². The second-order valence-electron chi connectivity index (χ2n) is 7.75. The first-order chi connectivity index (χ1) is 16.9. The van der Waals surface area contributed by atoms with E-state index in [9.17, 15) is 0 Å². The molecule has 0 saturated heterocycles. The van der Waals surface area contributed by atoms with Crippen LogP contribution in [-0.4, -0.2) is 46.1 Å². The van der Waals surface area contributed by atoms with E-state index in [-0.39, 0.29) is 0 Å². The van der Waals surface area contributed by atoms with Gasteiger partial charge in [-0.3, -0.25) is 9.02 Å². The van der Waals surface area contributed by atoms with Gasteiger partial charge >= 0.3 is 0 Å². The van der Waals surface area contributed by atoms with Crippen molar-refractivity contribution in [3.05, 3.63) is 54.5 Å². The molecule has 1 unspecified atom stereocenters. The summed E-state index contributed by atoms with van der Waals surface area (Å²) in [5, 5.41) is 11.2. The van der Waals surface area contributed by atoms with E-state index in [1.54, 1.807) is 24.4 Å². The van der Waals surface area contributed by atoms with Gasteiger partial charge in [0.1, 0.15) is 35.6 Å². The van der Waals surface area contributed by atoms with Crippen LogP contribution in [-0.2, 0) is 7.05 Å². The summed E-state index contributed by atoms with van der Waals surface area (Å²) in [6.07, 6.45) is 3.90. The molecule has 0 aliphatic carbocycles. The lowest BCUT2D eigenvalue weighted by atomic mass is 10.1. The number of benzene rings is 1. The van der Waals surface area contributed by atoms with Crippen LogP contribution in [0.25, 0.3) is 22.6 Å². The Morgan fingerprint density at radius 3 is 2.51 bits per heavy atom. The molecule has 35 heavy (non-hydrogen) atoms. The highest BCUT2D eigenvalue weighted by atomic mass is 127. The average molecular weight is 600 g/mol. The topological polar surface area (TPSA) is 120 Å². The summed E-state index contributed by atoms with van der Waals surface area (Å²) < 4.78 is 9.45. The summed E-state index contributed by atoms with van der Waals surface area (Å²) in [6, 6.07) is 9.61. The Balaban J connectivity index is 1.59. The fourth-order valence-corrected chi connectivity index (χ4v) is 5.16. The number of aromatic nitrogens is 8. The van der Waals surface area contributed by atoms with Gasteiger partial charge in [-0.1, -0.05) is 6.07 Å². The van der Waals surface area contributed by atoms with Crippen molar-refractivity contribution in [2.75, 3.05) is 17.7 Å². The van der Waals surface area contributed by atoms with Crippen LogP contribution < -0.4 is 15.4 Å². The van der Waals surface area contributed by atoms with Crippen LogP contribution in [0, 0.1) is 13.8 Å². The van der Waals surface area contributed by atoms with Crippen molar-refractivity contribution in [1.29, 1.82) is 0 Å². The Morgan fingerprint density at radius 2 is 1.80 bits per heavy atom. The molecule has 1 atom stereocenters. The van der Waals surface area contributed by atoms with Gasteiger partial charge in [0.05, 0.1) is 30.4 Å². The molecule has 2 N–H and O–H groups in total. The van der Waals surface area contributed by atoms with Crippen molar-refractivity contribution in [3.8, 4) is 17.1 Å². The molecule has 11 nitrogen and oxygen atoms in total. The lowest BCUT2D eigenvalue weighted by Crippen LogP contribution is -2.03. The zero-order valence-corrected chi connectivity index (χ0v) is 22.6. The third-order valence-electron chi connectivity index (χ3n) is 5.15. The van der Waals surface area contributed by atoms with Crippen LogP contribution in [0.5, 0.6) is 5.75 Å². The number of anilines is 4. The van der Waals surface area contributed by atoms with Crippen molar-refractivity contribution < 1.29 is 4.74 Å². The number of imidazole rings is 1. The number of nitrogens with one attached hydrogen (secondary N) is 2. The second-order valence-corrected chi connectivity index (χ2v) is 9.84. The quantitative estimate of drug-likeness (QED) is 0.198. The summed E-state index contributed by atoms with van der Waals surface area (Å²) in [7, 11) is 3.46. The van der Waals surface area contributed by atoms with E-state index in [0.29, 0.717) is 35.4 Å². The third-order valence-corrected chi connectivity index (χ3v) is 7.22. The predicted molar refractivity (Wildman–Crippen MR) is 146 cm³/mol. The number of para-hydroxylation sites is 1. The summed E-state index contributed by atoms with van der Waals surface area (Å²) in [5.41, 5.74) is 4.71. The molecule has 1 aromatic carbocycles. The number of halogens is 1. The standard InChI is InChI=1S/C22H22IN10OP/c1-12-8-17(27-13(2)26-12)29-18-9-16(19-22(30-18)33(35-23)11-24-19)28-15-7-5-6-14(20(15)34-4)21-25-10-32(3)31-21/h5-11,35H,1-4H3,(H2,26,27,28,29,30). The summed E-state index contributed by atoms with van der Waals surface area (Å²) in [5.74, 6) is 3.22. The zero-order chi connectivity index (χ0) is 24.5. The highest BCUT2D eigenvalue weighted by Crippen LogP contribution is 2.39. The lowest BCUT2D eigenvalue weighted by Gasteiger charge is -2.15. The first-order valence-electron chi connectivity index (χ1n) is 10.6. The number of fused-ring (bicyclic) bond motifs is 1. The smallest absolute Gasteiger partial charge is 0.184 e. The molecule has 13 heteroatoms. The minimum Gasteiger partial charge on any atom is -0.494 e. The Labute approximate surface area is 216 Å². The lowest BCUT2D eigenvalue weighted by molar-refractivity contribution is 0.418. The van der Waals surface area contributed by atoms with Crippen LogP contribution >= 0.6 is 28.4 Å². The van der Waals surface area contributed by atoms with E-state index in [0.717, 1.165) is 33.8 Å². The molecule has 4 aromatic heterocycles. The van der Waals surface area contributed by atoms with Gasteiger partial charge in [0.2, 0.25) is 0 Å². The molecule has 178 valence electrons. The van der Waals surface area contributed by atoms with Crippen LogP contribution in [0.4, 0.5) is 23.0 Å². The molecule has 5 rings (SSSR count). The normalized spacial score (nSPS) is 11.5. The van der Waals surface area contributed by atoms with E-state index in [1.807, 2.05) is 55.6 Å². The fraction of sp³-hybridized carbons (Fsp3) is 0.182. The summed E-state index contributed by atoms with van der Waals surface area (Å²) in [6.45, 7) is 3.80. The van der Waals surface area contributed by atoms with Crippen molar-refractivity contribution in [1.82, 2.24) is 39.0 Å². The molecule has 0 bridgehead atoms. The summed E-state index contributed by atoms with van der Waals surface area (Å²) >= 11 is 2.31. The van der Waals surface area contributed by atoms with Gasteiger partial charge in [-0.2, -0.15) is 5.10 Å². The first kappa shape index (κ1) is 23.4. The molecule has 0 amide bonds. The molecule has 5 aromatic rings. The van der Waals surface area contributed by atoms with Gasteiger partial charge in [-0.15, -0.1) is 0 Å². The molecule has 0 spiro atoms. The zero-order valence-electron chi connectivity index (χ0n) is 19.4. The van der Waals surface area contributed by atoms with E-state index in [1.165, 1.54) is 0 Å². The molecule has 0 aliphatic rings. The van der Waals surface area contributed by atoms with Gasteiger partial charge in [-0.05, 0) is 48.0 Å². The van der Waals surface area contributed by atoms with Crippen molar-refractivity contribution >= 4 is 62.6 Å². The number of aryl methyl sites for hydroxylation is 3. The number of pyridine rings is 1. The highest BCUT2D eigenvalue weighted by molar-refractivity contribution is 14.2. The average Bonchev–Trinajstić information content (AvgIpc) is 3.44. The van der Waals surface area contributed by atoms with Crippen LogP contribution in [0.1, 0.15) is 11.5 Å². The van der Waals surface area contributed by atoms with E-state index in [2.05, 4.69) is 57.7 Å². The van der Waals surface area contributed by atoms with Crippen molar-refractivity contribution in [2.45, 2.75) is 13.8 Å². The van der Waals surface area contributed by atoms with E-state index in [4.69, 9.17) is 9.72 Å². The van der Waals surface area contributed by atoms with Crippen molar-refractivity contribution in [2.24, 2.45) is 7.05 Å². The van der Waals surface area contributed by atoms with Gasteiger partial charge < -0.3 is 15.4 Å². The predicted octanol–water partition coefficient (Wildman–Crippen LogP) is 4.92. The number of hydrogen-bond acceptors (Lipinski definition) is 9. The molecule has 4 heterocycles. The maximum Gasteiger partial charge on any atom is 0.184 e. The van der Waals surface area contributed by atoms with Crippen molar-refractivity contribution in [3.63, 3.8) is 0 Å². The summed E-state index contributed by atoms with van der Waals surface area (Å²) in [4.78, 5) is 22.6.